The van der Waals surface area contributed by atoms with Gasteiger partial charge in [0.05, 0.1) is 13.1 Å². The molecule has 6 nitrogen and oxygen atoms in total. The van der Waals surface area contributed by atoms with E-state index < -0.39 is 0 Å². The highest BCUT2D eigenvalue weighted by Gasteiger charge is 2.24. The third kappa shape index (κ3) is 3.79. The minimum atomic E-state index is 0.461. The Morgan fingerprint density at radius 1 is 1.20 bits per heavy atom. The van der Waals surface area contributed by atoms with Crippen LogP contribution >= 0.6 is 0 Å². The van der Waals surface area contributed by atoms with E-state index in [1.807, 2.05) is 4.68 Å². The van der Waals surface area contributed by atoms with E-state index >= 15 is 0 Å². The Bertz CT molecular complexity index is 794. The number of rotatable bonds is 5. The number of piperidine rings is 1. The summed E-state index contributed by atoms with van der Waals surface area (Å²) in [5.74, 6) is 0.918. The van der Waals surface area contributed by atoms with E-state index in [4.69, 9.17) is 4.52 Å². The smallest absolute Gasteiger partial charge is 0.151 e. The van der Waals surface area contributed by atoms with E-state index in [0.717, 1.165) is 36.7 Å². The molecule has 1 saturated heterocycles. The normalized spacial score (nSPS) is 18.5. The fraction of sp³-hybridized carbons (Fsp3) is 0.421. The van der Waals surface area contributed by atoms with E-state index in [0.29, 0.717) is 6.04 Å². The first-order valence-electron chi connectivity index (χ1n) is 8.87. The lowest BCUT2D eigenvalue weighted by Gasteiger charge is -2.34. The zero-order valence-corrected chi connectivity index (χ0v) is 14.5. The number of hydrogen-bond donors (Lipinski definition) is 0. The number of hydrogen-bond acceptors (Lipinski definition) is 5. The van der Waals surface area contributed by atoms with Crippen LogP contribution in [0.15, 0.2) is 47.5 Å². The maximum atomic E-state index is 5.61. The maximum absolute atomic E-state index is 5.61. The molecule has 1 aromatic carbocycles. The number of aromatic nitrogens is 4. The number of likely N-dealkylation sites (tertiary alicyclic amines) is 1. The molecule has 1 unspecified atom stereocenters. The number of benzene rings is 1. The van der Waals surface area contributed by atoms with Crippen molar-refractivity contribution in [3.05, 3.63) is 54.3 Å². The van der Waals surface area contributed by atoms with Gasteiger partial charge >= 0.3 is 0 Å². The highest BCUT2D eigenvalue weighted by atomic mass is 16.5. The first kappa shape index (κ1) is 16.0. The molecule has 0 spiro atoms. The van der Waals surface area contributed by atoms with Crippen molar-refractivity contribution in [1.82, 2.24) is 24.8 Å². The van der Waals surface area contributed by atoms with Gasteiger partial charge in [0.1, 0.15) is 18.3 Å². The van der Waals surface area contributed by atoms with E-state index in [2.05, 4.69) is 57.4 Å². The quantitative estimate of drug-likeness (QED) is 0.715. The lowest BCUT2D eigenvalue weighted by Crippen LogP contribution is -2.41. The standard InChI is InChI=1S/C19H23N5O/c1-15-5-7-16(8-6-15)19-10-18(25-22-19)12-23-9-3-2-4-17(23)11-24-14-20-13-21-24/h5-8,10,13-14,17H,2-4,9,11-12H2,1H3. The van der Waals surface area contributed by atoms with Gasteiger partial charge in [-0.1, -0.05) is 41.4 Å². The predicted molar refractivity (Wildman–Crippen MR) is 94.7 cm³/mol. The molecule has 0 amide bonds. The molecule has 25 heavy (non-hydrogen) atoms. The summed E-state index contributed by atoms with van der Waals surface area (Å²) in [5.41, 5.74) is 3.25. The fourth-order valence-electron chi connectivity index (χ4n) is 3.47. The van der Waals surface area contributed by atoms with Crippen molar-refractivity contribution in [1.29, 1.82) is 0 Å². The van der Waals surface area contributed by atoms with Crippen molar-refractivity contribution in [3.8, 4) is 11.3 Å². The van der Waals surface area contributed by atoms with Crippen LogP contribution in [0, 0.1) is 6.92 Å². The number of nitrogens with zero attached hydrogens (tertiary/aromatic N) is 5. The van der Waals surface area contributed by atoms with Crippen LogP contribution in [0.3, 0.4) is 0 Å². The first-order chi connectivity index (χ1) is 12.3. The largest absolute Gasteiger partial charge is 0.359 e. The van der Waals surface area contributed by atoms with Crippen LogP contribution < -0.4 is 0 Å². The summed E-state index contributed by atoms with van der Waals surface area (Å²) >= 11 is 0. The summed E-state index contributed by atoms with van der Waals surface area (Å²) in [6, 6.07) is 10.9. The summed E-state index contributed by atoms with van der Waals surface area (Å²) in [7, 11) is 0. The molecule has 1 fully saturated rings. The Morgan fingerprint density at radius 3 is 2.88 bits per heavy atom. The van der Waals surface area contributed by atoms with Crippen molar-refractivity contribution < 1.29 is 4.52 Å². The average molecular weight is 337 g/mol. The zero-order chi connectivity index (χ0) is 17.1. The minimum Gasteiger partial charge on any atom is -0.359 e. The number of aryl methyl sites for hydroxylation is 1. The van der Waals surface area contributed by atoms with Crippen LogP contribution in [0.1, 0.15) is 30.6 Å². The molecule has 1 aliphatic heterocycles. The molecule has 1 aliphatic rings. The van der Waals surface area contributed by atoms with Gasteiger partial charge in [-0.3, -0.25) is 9.58 Å². The van der Waals surface area contributed by atoms with Crippen LogP contribution in [0.4, 0.5) is 0 Å². The Balaban J connectivity index is 1.45. The van der Waals surface area contributed by atoms with E-state index in [1.54, 1.807) is 12.7 Å². The van der Waals surface area contributed by atoms with E-state index in [9.17, 15) is 0 Å². The zero-order valence-electron chi connectivity index (χ0n) is 14.5. The second-order valence-corrected chi connectivity index (χ2v) is 6.78. The second kappa shape index (κ2) is 7.19. The van der Waals surface area contributed by atoms with Crippen molar-refractivity contribution in [2.75, 3.05) is 6.54 Å². The van der Waals surface area contributed by atoms with Crippen LogP contribution in [-0.4, -0.2) is 37.4 Å². The molecule has 3 heterocycles. The molecule has 2 aromatic heterocycles. The summed E-state index contributed by atoms with van der Waals surface area (Å²) < 4.78 is 7.53. The highest BCUT2D eigenvalue weighted by Crippen LogP contribution is 2.24. The van der Waals surface area contributed by atoms with Crippen LogP contribution in [0.2, 0.25) is 0 Å². The molecule has 3 aromatic rings. The Labute approximate surface area is 147 Å². The molecule has 1 atom stereocenters. The summed E-state index contributed by atoms with van der Waals surface area (Å²) in [5, 5.41) is 8.50. The van der Waals surface area contributed by atoms with Crippen LogP contribution in [0.5, 0.6) is 0 Å². The van der Waals surface area contributed by atoms with Gasteiger partial charge in [0.15, 0.2) is 5.76 Å². The van der Waals surface area contributed by atoms with E-state index in [1.165, 1.54) is 24.8 Å². The molecule has 0 saturated carbocycles. The van der Waals surface area contributed by atoms with Gasteiger partial charge in [0.2, 0.25) is 0 Å². The molecule has 130 valence electrons. The SMILES string of the molecule is Cc1ccc(-c2cc(CN3CCCCC3Cn3cncn3)on2)cc1. The van der Waals surface area contributed by atoms with Gasteiger partial charge in [-0.25, -0.2) is 4.98 Å². The van der Waals surface area contributed by atoms with Gasteiger partial charge in [-0.2, -0.15) is 5.10 Å². The highest BCUT2D eigenvalue weighted by molar-refractivity contribution is 5.59. The van der Waals surface area contributed by atoms with Crippen molar-refractivity contribution in [2.45, 2.75) is 45.3 Å². The van der Waals surface area contributed by atoms with Gasteiger partial charge in [0.25, 0.3) is 0 Å². The van der Waals surface area contributed by atoms with Crippen molar-refractivity contribution in [3.63, 3.8) is 0 Å². The first-order valence-corrected chi connectivity index (χ1v) is 8.87. The maximum Gasteiger partial charge on any atom is 0.151 e. The van der Waals surface area contributed by atoms with Gasteiger partial charge in [-0.15, -0.1) is 0 Å². The summed E-state index contributed by atoms with van der Waals surface area (Å²) in [6.07, 6.45) is 7.06. The third-order valence-electron chi connectivity index (χ3n) is 4.88. The monoisotopic (exact) mass is 337 g/mol. The van der Waals surface area contributed by atoms with Gasteiger partial charge in [0, 0.05) is 17.7 Å². The molecule has 6 heteroatoms. The molecular weight excluding hydrogens is 314 g/mol. The molecule has 0 radical (unpaired) electrons. The predicted octanol–water partition coefficient (Wildman–Crippen LogP) is 3.30. The lowest BCUT2D eigenvalue weighted by atomic mass is 10.0. The van der Waals surface area contributed by atoms with Crippen molar-refractivity contribution >= 4 is 0 Å². The van der Waals surface area contributed by atoms with Gasteiger partial charge in [-0.05, 0) is 26.3 Å². The average Bonchev–Trinajstić information content (AvgIpc) is 3.29. The molecule has 0 aliphatic carbocycles. The Hall–Kier alpha value is -2.47. The molecule has 4 rings (SSSR count). The molecule has 0 bridgehead atoms. The van der Waals surface area contributed by atoms with Crippen molar-refractivity contribution in [2.24, 2.45) is 0 Å². The van der Waals surface area contributed by atoms with E-state index in [-0.39, 0.29) is 0 Å². The summed E-state index contributed by atoms with van der Waals surface area (Å²) in [4.78, 5) is 6.52. The Kier molecular flexibility index (Phi) is 4.61. The lowest BCUT2D eigenvalue weighted by molar-refractivity contribution is 0.110. The Morgan fingerprint density at radius 2 is 2.08 bits per heavy atom. The topological polar surface area (TPSA) is 60.0 Å². The third-order valence-corrected chi connectivity index (χ3v) is 4.88. The summed E-state index contributed by atoms with van der Waals surface area (Å²) in [6.45, 7) is 4.83. The molecule has 0 N–H and O–H groups in total. The minimum absolute atomic E-state index is 0.461. The van der Waals surface area contributed by atoms with Crippen LogP contribution in [-0.2, 0) is 13.1 Å². The van der Waals surface area contributed by atoms with Crippen LogP contribution in [0.25, 0.3) is 11.3 Å². The van der Waals surface area contributed by atoms with Gasteiger partial charge < -0.3 is 4.52 Å². The molecular formula is C19H23N5O. The second-order valence-electron chi connectivity index (χ2n) is 6.78. The fourth-order valence-corrected chi connectivity index (χ4v) is 3.47.